The van der Waals surface area contributed by atoms with E-state index < -0.39 is 0 Å². The lowest BCUT2D eigenvalue weighted by Gasteiger charge is -2.16. The number of nitrogens with one attached hydrogen (secondary N) is 2. The third-order valence-corrected chi connectivity index (χ3v) is 5.17. The highest BCUT2D eigenvalue weighted by molar-refractivity contribution is 5.98. The van der Waals surface area contributed by atoms with E-state index in [9.17, 15) is 14.4 Å². The largest absolute Gasteiger partial charge is 0.381 e. The molecule has 0 aliphatic carbocycles. The van der Waals surface area contributed by atoms with E-state index in [4.69, 9.17) is 4.74 Å². The highest BCUT2D eigenvalue weighted by atomic mass is 16.5. The summed E-state index contributed by atoms with van der Waals surface area (Å²) in [7, 11) is 0. The zero-order valence-electron chi connectivity index (χ0n) is 18.2. The van der Waals surface area contributed by atoms with Gasteiger partial charge in [0.1, 0.15) is 0 Å². The molecule has 2 N–H and O–H groups in total. The van der Waals surface area contributed by atoms with Crippen LogP contribution in [0.25, 0.3) is 0 Å². The van der Waals surface area contributed by atoms with Crippen LogP contribution in [0.5, 0.6) is 0 Å². The van der Waals surface area contributed by atoms with E-state index in [-0.39, 0.29) is 30.1 Å². The lowest BCUT2D eigenvalue weighted by Crippen LogP contribution is -2.29. The molecule has 0 aromatic heterocycles. The molecule has 1 aromatic carbocycles. The van der Waals surface area contributed by atoms with Crippen molar-refractivity contribution in [3.05, 3.63) is 29.8 Å². The second-order valence-electron chi connectivity index (χ2n) is 7.74. The van der Waals surface area contributed by atoms with Crippen LogP contribution in [0.1, 0.15) is 62.7 Å². The molecule has 1 atom stereocenters. The number of carbonyl (C=O) groups excluding carboxylic acids is 3. The first-order valence-corrected chi connectivity index (χ1v) is 11.1. The quantitative estimate of drug-likeness (QED) is 0.483. The fourth-order valence-corrected chi connectivity index (χ4v) is 3.29. The van der Waals surface area contributed by atoms with Crippen LogP contribution in [0.3, 0.4) is 0 Å². The molecular weight excluding hydrogens is 382 g/mol. The minimum absolute atomic E-state index is 0.0476. The maximum absolute atomic E-state index is 12.5. The maximum Gasteiger partial charge on any atom is 0.251 e. The number of unbranched alkanes of at least 4 members (excludes halogenated alkanes) is 2. The van der Waals surface area contributed by atoms with Crippen LogP contribution in [-0.4, -0.2) is 55.5 Å². The summed E-state index contributed by atoms with van der Waals surface area (Å²) in [5, 5.41) is 5.73. The van der Waals surface area contributed by atoms with Gasteiger partial charge in [-0.1, -0.05) is 26.7 Å². The first kappa shape index (κ1) is 23.9. The second kappa shape index (κ2) is 13.0. The van der Waals surface area contributed by atoms with Crippen LogP contribution in [-0.2, 0) is 14.3 Å². The molecule has 0 radical (unpaired) electrons. The highest BCUT2D eigenvalue weighted by Crippen LogP contribution is 2.20. The zero-order chi connectivity index (χ0) is 21.8. The van der Waals surface area contributed by atoms with E-state index in [1.165, 1.54) is 0 Å². The predicted molar refractivity (Wildman–Crippen MR) is 117 cm³/mol. The van der Waals surface area contributed by atoms with Gasteiger partial charge in [-0.25, -0.2) is 0 Å². The summed E-state index contributed by atoms with van der Waals surface area (Å²) >= 11 is 0. The van der Waals surface area contributed by atoms with Crippen molar-refractivity contribution in [3.63, 3.8) is 0 Å². The monoisotopic (exact) mass is 417 g/mol. The Kier molecular flexibility index (Phi) is 10.3. The molecule has 1 saturated heterocycles. The minimum atomic E-state index is -0.322. The Labute approximate surface area is 179 Å². The molecule has 0 saturated carbocycles. The maximum atomic E-state index is 12.5. The summed E-state index contributed by atoms with van der Waals surface area (Å²) in [5.74, 6) is -0.569. The van der Waals surface area contributed by atoms with E-state index in [0.717, 1.165) is 38.7 Å². The second-order valence-corrected chi connectivity index (χ2v) is 7.74. The average molecular weight is 418 g/mol. The number of benzene rings is 1. The summed E-state index contributed by atoms with van der Waals surface area (Å²) in [4.78, 5) is 38.5. The Bertz CT molecular complexity index is 690. The predicted octanol–water partition coefficient (Wildman–Crippen LogP) is 3.21. The van der Waals surface area contributed by atoms with Crippen LogP contribution < -0.4 is 10.6 Å². The van der Waals surface area contributed by atoms with Gasteiger partial charge in [0.25, 0.3) is 5.91 Å². The number of hydrogen-bond donors (Lipinski definition) is 2. The summed E-state index contributed by atoms with van der Waals surface area (Å²) in [6.45, 7) is 7.37. The SMILES string of the molecule is CCCCOCCCNC(=O)c1ccc(NC(=O)C2CC(=O)N(CCCC)C2)cc1. The van der Waals surface area contributed by atoms with Crippen molar-refractivity contribution in [3.8, 4) is 0 Å². The van der Waals surface area contributed by atoms with Crippen molar-refractivity contribution in [2.24, 2.45) is 5.92 Å². The normalized spacial score (nSPS) is 16.0. The van der Waals surface area contributed by atoms with Crippen LogP contribution in [0.2, 0.25) is 0 Å². The van der Waals surface area contributed by atoms with Crippen molar-refractivity contribution >= 4 is 23.4 Å². The molecule has 1 fully saturated rings. The molecular formula is C23H35N3O4. The van der Waals surface area contributed by atoms with Gasteiger partial charge in [-0.3, -0.25) is 14.4 Å². The van der Waals surface area contributed by atoms with Crippen molar-refractivity contribution < 1.29 is 19.1 Å². The standard InChI is InChI=1S/C23H35N3O4/c1-3-5-13-26-17-19(16-21(26)27)23(29)25-20-10-8-18(9-11-20)22(28)24-12-7-15-30-14-6-4-2/h8-11,19H,3-7,12-17H2,1-2H3,(H,24,28)(H,25,29). The van der Waals surface area contributed by atoms with Crippen LogP contribution in [0, 0.1) is 5.92 Å². The molecule has 1 heterocycles. The number of anilines is 1. The van der Waals surface area contributed by atoms with Crippen molar-refractivity contribution in [1.82, 2.24) is 10.2 Å². The molecule has 1 aromatic rings. The van der Waals surface area contributed by atoms with Gasteiger partial charge < -0.3 is 20.3 Å². The number of hydrogen-bond acceptors (Lipinski definition) is 4. The number of carbonyl (C=O) groups is 3. The number of ether oxygens (including phenoxy) is 1. The van der Waals surface area contributed by atoms with E-state index >= 15 is 0 Å². The average Bonchev–Trinajstić information content (AvgIpc) is 3.12. The topological polar surface area (TPSA) is 87.7 Å². The van der Waals surface area contributed by atoms with E-state index in [1.807, 2.05) is 0 Å². The summed E-state index contributed by atoms with van der Waals surface area (Å²) < 4.78 is 5.47. The van der Waals surface area contributed by atoms with E-state index in [1.54, 1.807) is 29.2 Å². The molecule has 1 unspecified atom stereocenters. The summed E-state index contributed by atoms with van der Waals surface area (Å²) in [6, 6.07) is 6.81. The third kappa shape index (κ3) is 7.78. The highest BCUT2D eigenvalue weighted by Gasteiger charge is 2.33. The van der Waals surface area contributed by atoms with Gasteiger partial charge in [-0.15, -0.1) is 0 Å². The molecule has 0 bridgehead atoms. The number of amides is 3. The van der Waals surface area contributed by atoms with E-state index in [2.05, 4.69) is 24.5 Å². The Hall–Kier alpha value is -2.41. The van der Waals surface area contributed by atoms with Gasteiger partial charge >= 0.3 is 0 Å². The number of likely N-dealkylation sites (tertiary alicyclic amines) is 1. The van der Waals surface area contributed by atoms with Crippen LogP contribution >= 0.6 is 0 Å². The fraction of sp³-hybridized carbons (Fsp3) is 0.609. The Morgan fingerprint density at radius 1 is 1.07 bits per heavy atom. The van der Waals surface area contributed by atoms with Crippen LogP contribution in [0.4, 0.5) is 5.69 Å². The Balaban J connectivity index is 1.73. The molecule has 3 amide bonds. The Morgan fingerprint density at radius 3 is 2.47 bits per heavy atom. The molecule has 2 rings (SSSR count). The number of rotatable bonds is 13. The van der Waals surface area contributed by atoms with Crippen molar-refractivity contribution in [2.45, 2.75) is 52.4 Å². The van der Waals surface area contributed by atoms with Gasteiger partial charge in [0, 0.05) is 50.5 Å². The first-order chi connectivity index (χ1) is 14.5. The molecule has 7 nitrogen and oxygen atoms in total. The minimum Gasteiger partial charge on any atom is -0.381 e. The Morgan fingerprint density at radius 2 is 1.77 bits per heavy atom. The first-order valence-electron chi connectivity index (χ1n) is 11.1. The fourth-order valence-electron chi connectivity index (χ4n) is 3.29. The zero-order valence-corrected chi connectivity index (χ0v) is 18.2. The van der Waals surface area contributed by atoms with Gasteiger partial charge in [0.2, 0.25) is 11.8 Å². The van der Waals surface area contributed by atoms with Crippen molar-refractivity contribution in [1.29, 1.82) is 0 Å². The summed E-state index contributed by atoms with van der Waals surface area (Å²) in [5.41, 5.74) is 1.17. The number of nitrogens with zero attached hydrogens (tertiary/aromatic N) is 1. The van der Waals surface area contributed by atoms with Gasteiger partial charge in [-0.05, 0) is 43.5 Å². The molecule has 1 aliphatic heterocycles. The smallest absolute Gasteiger partial charge is 0.251 e. The third-order valence-electron chi connectivity index (χ3n) is 5.17. The lowest BCUT2D eigenvalue weighted by molar-refractivity contribution is -0.128. The molecule has 7 heteroatoms. The van der Waals surface area contributed by atoms with Crippen LogP contribution in [0.15, 0.2) is 24.3 Å². The van der Waals surface area contributed by atoms with Gasteiger partial charge in [-0.2, -0.15) is 0 Å². The molecule has 1 aliphatic rings. The van der Waals surface area contributed by atoms with Gasteiger partial charge in [0.05, 0.1) is 5.92 Å². The van der Waals surface area contributed by atoms with Gasteiger partial charge in [0.15, 0.2) is 0 Å². The molecule has 0 spiro atoms. The van der Waals surface area contributed by atoms with Crippen molar-refractivity contribution in [2.75, 3.05) is 38.2 Å². The lowest BCUT2D eigenvalue weighted by atomic mass is 10.1. The molecule has 166 valence electrons. The molecule has 30 heavy (non-hydrogen) atoms. The summed E-state index contributed by atoms with van der Waals surface area (Å²) in [6.07, 6.45) is 5.19. The van der Waals surface area contributed by atoms with E-state index in [0.29, 0.717) is 37.5 Å².